The van der Waals surface area contributed by atoms with Crippen LogP contribution in [0.25, 0.3) is 0 Å². The van der Waals surface area contributed by atoms with Gasteiger partial charge in [-0.1, -0.05) is 12.1 Å². The third-order valence-electron chi connectivity index (χ3n) is 4.41. The molecule has 3 aromatic rings. The van der Waals surface area contributed by atoms with Gasteiger partial charge in [0.2, 0.25) is 0 Å². The third-order valence-corrected chi connectivity index (χ3v) is 6.01. The number of phenols is 1. The number of aromatic hydroxyl groups is 1. The first-order valence-corrected chi connectivity index (χ1v) is 11.1. The van der Waals surface area contributed by atoms with Crippen LogP contribution in [0.2, 0.25) is 0 Å². The Balaban J connectivity index is 1.82. The lowest BCUT2D eigenvalue weighted by Crippen LogP contribution is -2.32. The highest BCUT2D eigenvalue weighted by Gasteiger charge is 2.16. The number of carboxylic acids is 1. The molecule has 3 rings (SSSR count). The molecule has 30 heavy (non-hydrogen) atoms. The molecule has 3 aromatic carbocycles. The average molecular weight is 633 g/mol. The van der Waals surface area contributed by atoms with E-state index in [0.29, 0.717) is 23.5 Å². The molecule has 0 aliphatic rings. The standard InChI is InChI=1S/C22H18FI2NO4/c23-15-3-1-12(2-4-15)7-14-11-16(5-6-20(14)27)30-21-17(24)8-13(9-18(21)25)10-19(26)22(28)29/h1-6,8-9,11,19,27H,7,10,26H2,(H,28,29)/t19-/m0/s1. The predicted molar refractivity (Wildman–Crippen MR) is 129 cm³/mol. The Labute approximate surface area is 200 Å². The molecular weight excluding hydrogens is 615 g/mol. The maximum Gasteiger partial charge on any atom is 0.320 e. The van der Waals surface area contributed by atoms with Gasteiger partial charge in [-0.25, -0.2) is 4.39 Å². The van der Waals surface area contributed by atoms with Crippen molar-refractivity contribution in [2.75, 3.05) is 0 Å². The first kappa shape index (κ1) is 22.8. The van der Waals surface area contributed by atoms with Gasteiger partial charge in [-0.3, -0.25) is 4.79 Å². The Morgan fingerprint density at radius 3 is 2.27 bits per heavy atom. The topological polar surface area (TPSA) is 92.8 Å². The van der Waals surface area contributed by atoms with Crippen LogP contribution >= 0.6 is 45.2 Å². The second-order valence-electron chi connectivity index (χ2n) is 6.73. The maximum atomic E-state index is 13.1. The average Bonchev–Trinajstić information content (AvgIpc) is 2.68. The van der Waals surface area contributed by atoms with Crippen LogP contribution in [0.3, 0.4) is 0 Å². The van der Waals surface area contributed by atoms with Crippen molar-refractivity contribution in [2.24, 2.45) is 5.73 Å². The number of hydrogen-bond donors (Lipinski definition) is 3. The van der Waals surface area contributed by atoms with E-state index in [2.05, 4.69) is 45.2 Å². The van der Waals surface area contributed by atoms with Crippen molar-refractivity contribution in [1.29, 1.82) is 0 Å². The van der Waals surface area contributed by atoms with Gasteiger partial charge in [0.05, 0.1) is 7.14 Å². The van der Waals surface area contributed by atoms with Crippen molar-refractivity contribution in [2.45, 2.75) is 18.9 Å². The summed E-state index contributed by atoms with van der Waals surface area (Å²) in [5.41, 5.74) is 7.97. The number of hydrogen-bond acceptors (Lipinski definition) is 4. The number of rotatable bonds is 7. The van der Waals surface area contributed by atoms with E-state index in [-0.39, 0.29) is 18.0 Å². The highest BCUT2D eigenvalue weighted by Crippen LogP contribution is 2.35. The van der Waals surface area contributed by atoms with Crippen molar-refractivity contribution < 1.29 is 24.1 Å². The first-order chi connectivity index (χ1) is 14.2. The largest absolute Gasteiger partial charge is 0.508 e. The fourth-order valence-corrected chi connectivity index (χ4v) is 4.99. The minimum absolute atomic E-state index is 0.133. The second-order valence-corrected chi connectivity index (χ2v) is 9.06. The molecule has 0 spiro atoms. The summed E-state index contributed by atoms with van der Waals surface area (Å²) in [5, 5.41) is 19.2. The molecule has 1 atom stereocenters. The summed E-state index contributed by atoms with van der Waals surface area (Å²) < 4.78 is 20.8. The maximum absolute atomic E-state index is 13.1. The van der Waals surface area contributed by atoms with Gasteiger partial charge in [0.1, 0.15) is 23.4 Å². The zero-order valence-electron chi connectivity index (χ0n) is 15.6. The number of phenolic OH excluding ortho intramolecular Hbond substituents is 1. The van der Waals surface area contributed by atoms with Gasteiger partial charge < -0.3 is 20.7 Å². The summed E-state index contributed by atoms with van der Waals surface area (Å²) in [6.45, 7) is 0. The molecule has 8 heteroatoms. The van der Waals surface area contributed by atoms with Crippen LogP contribution in [-0.2, 0) is 17.6 Å². The summed E-state index contributed by atoms with van der Waals surface area (Å²) >= 11 is 4.27. The Bertz CT molecular complexity index is 1050. The van der Waals surface area contributed by atoms with Crippen molar-refractivity contribution in [3.63, 3.8) is 0 Å². The number of carboxylic acid groups (broad SMARTS) is 1. The minimum atomic E-state index is -1.04. The molecule has 4 N–H and O–H groups in total. The van der Waals surface area contributed by atoms with Crippen LogP contribution in [0.15, 0.2) is 54.6 Å². The van der Waals surface area contributed by atoms with Crippen molar-refractivity contribution in [3.8, 4) is 17.2 Å². The van der Waals surface area contributed by atoms with Crippen LogP contribution in [0.1, 0.15) is 16.7 Å². The number of carbonyl (C=O) groups is 1. The van der Waals surface area contributed by atoms with E-state index in [9.17, 15) is 14.3 Å². The lowest BCUT2D eigenvalue weighted by Gasteiger charge is -2.14. The Morgan fingerprint density at radius 2 is 1.67 bits per heavy atom. The highest BCUT2D eigenvalue weighted by atomic mass is 127. The minimum Gasteiger partial charge on any atom is -0.508 e. The molecule has 5 nitrogen and oxygen atoms in total. The normalized spacial score (nSPS) is 11.9. The van der Waals surface area contributed by atoms with Gasteiger partial charge in [-0.2, -0.15) is 0 Å². The van der Waals surface area contributed by atoms with Gasteiger partial charge in [-0.05, 0) is 105 Å². The smallest absolute Gasteiger partial charge is 0.320 e. The number of ether oxygens (including phenoxy) is 1. The van der Waals surface area contributed by atoms with Gasteiger partial charge in [-0.15, -0.1) is 0 Å². The first-order valence-electron chi connectivity index (χ1n) is 8.93. The monoisotopic (exact) mass is 633 g/mol. The van der Waals surface area contributed by atoms with Gasteiger partial charge in [0.25, 0.3) is 0 Å². The van der Waals surface area contributed by atoms with Crippen LogP contribution in [0.5, 0.6) is 17.2 Å². The van der Waals surface area contributed by atoms with Gasteiger partial charge >= 0.3 is 5.97 Å². The number of nitrogens with two attached hydrogens (primary N) is 1. The van der Waals surface area contributed by atoms with Crippen LogP contribution in [0.4, 0.5) is 4.39 Å². The molecule has 0 fully saturated rings. The Morgan fingerprint density at radius 1 is 1.03 bits per heavy atom. The van der Waals surface area contributed by atoms with Crippen molar-refractivity contribution in [3.05, 3.63) is 84.2 Å². The predicted octanol–water partition coefficient (Wildman–Crippen LogP) is 5.08. The Hall–Kier alpha value is -1.92. The molecular formula is C22H18FI2NO4. The summed E-state index contributed by atoms with van der Waals surface area (Å²) in [6.07, 6.45) is 0.659. The van der Waals surface area contributed by atoms with Gasteiger partial charge in [0, 0.05) is 12.0 Å². The molecule has 0 saturated heterocycles. The highest BCUT2D eigenvalue weighted by molar-refractivity contribution is 14.1. The molecule has 0 amide bonds. The molecule has 0 saturated carbocycles. The van der Waals surface area contributed by atoms with Crippen molar-refractivity contribution >= 4 is 51.2 Å². The summed E-state index contributed by atoms with van der Waals surface area (Å²) in [5.74, 6) is -0.0258. The molecule has 0 unspecified atom stereocenters. The van der Waals surface area contributed by atoms with E-state index in [4.69, 9.17) is 15.6 Å². The molecule has 0 aromatic heterocycles. The molecule has 0 aliphatic heterocycles. The molecule has 0 radical (unpaired) electrons. The zero-order chi connectivity index (χ0) is 21.8. The van der Waals surface area contributed by atoms with Crippen LogP contribution in [-0.4, -0.2) is 22.2 Å². The zero-order valence-corrected chi connectivity index (χ0v) is 19.9. The van der Waals surface area contributed by atoms with E-state index in [1.54, 1.807) is 30.3 Å². The van der Waals surface area contributed by atoms with E-state index in [1.807, 2.05) is 12.1 Å². The quantitative estimate of drug-likeness (QED) is 0.316. The molecule has 0 bridgehead atoms. The van der Waals surface area contributed by atoms with Crippen LogP contribution < -0.4 is 10.5 Å². The second kappa shape index (κ2) is 9.92. The van der Waals surface area contributed by atoms with Crippen molar-refractivity contribution in [1.82, 2.24) is 0 Å². The number of benzene rings is 3. The fourth-order valence-electron chi connectivity index (χ4n) is 2.88. The summed E-state index contributed by atoms with van der Waals surface area (Å²) in [6, 6.07) is 13.8. The SMILES string of the molecule is N[C@@H](Cc1cc(I)c(Oc2ccc(O)c(Cc3ccc(F)cc3)c2)c(I)c1)C(=O)O. The number of aliphatic carboxylic acids is 1. The molecule has 0 aliphatic carbocycles. The lowest BCUT2D eigenvalue weighted by molar-refractivity contribution is -0.138. The third kappa shape index (κ3) is 5.82. The van der Waals surface area contributed by atoms with E-state index >= 15 is 0 Å². The van der Waals surface area contributed by atoms with E-state index in [1.165, 1.54) is 12.1 Å². The van der Waals surface area contributed by atoms with Crippen LogP contribution in [0, 0.1) is 13.0 Å². The summed E-state index contributed by atoms with van der Waals surface area (Å²) in [4.78, 5) is 11.0. The van der Waals surface area contributed by atoms with E-state index < -0.39 is 12.0 Å². The van der Waals surface area contributed by atoms with Gasteiger partial charge in [0.15, 0.2) is 5.75 Å². The Kier molecular flexibility index (Phi) is 7.53. The number of halogens is 3. The summed E-state index contributed by atoms with van der Waals surface area (Å²) in [7, 11) is 0. The molecule has 156 valence electrons. The molecule has 0 heterocycles. The lowest BCUT2D eigenvalue weighted by atomic mass is 10.0. The fraction of sp³-hybridized carbons (Fsp3) is 0.136. The van der Waals surface area contributed by atoms with E-state index in [0.717, 1.165) is 18.3 Å².